The van der Waals surface area contributed by atoms with Gasteiger partial charge in [-0.25, -0.2) is 0 Å². The van der Waals surface area contributed by atoms with Crippen molar-refractivity contribution in [2.75, 3.05) is 13.2 Å². The molecule has 2 aromatic rings. The van der Waals surface area contributed by atoms with Crippen LogP contribution in [-0.4, -0.2) is 19.0 Å². The monoisotopic (exact) mass is 258 g/mol. The van der Waals surface area contributed by atoms with Gasteiger partial charge in [0, 0.05) is 11.5 Å². The molecule has 1 aromatic carbocycles. The van der Waals surface area contributed by atoms with E-state index in [4.69, 9.17) is 13.9 Å². The molecule has 1 aliphatic rings. The van der Waals surface area contributed by atoms with Crippen molar-refractivity contribution in [3.05, 3.63) is 47.9 Å². The van der Waals surface area contributed by atoms with Crippen LogP contribution in [0.2, 0.25) is 0 Å². The maximum Gasteiger partial charge on any atom is 0.196 e. The predicted octanol–water partition coefficient (Wildman–Crippen LogP) is 2.92. The van der Waals surface area contributed by atoms with Gasteiger partial charge in [0.05, 0.1) is 25.0 Å². The molecule has 4 nitrogen and oxygen atoms in total. The molecule has 19 heavy (non-hydrogen) atoms. The third-order valence-electron chi connectivity index (χ3n) is 3.04. The number of benzene rings is 1. The topological polar surface area (TPSA) is 48.7 Å². The molecule has 3 rings (SSSR count). The van der Waals surface area contributed by atoms with Gasteiger partial charge >= 0.3 is 0 Å². The molecule has 0 fully saturated rings. The van der Waals surface area contributed by atoms with Crippen LogP contribution in [0.25, 0.3) is 0 Å². The van der Waals surface area contributed by atoms with Gasteiger partial charge in [0.1, 0.15) is 6.26 Å². The number of furan rings is 1. The Labute approximate surface area is 110 Å². The summed E-state index contributed by atoms with van der Waals surface area (Å²) >= 11 is 0. The second-order valence-electron chi connectivity index (χ2n) is 4.73. The third-order valence-corrected chi connectivity index (χ3v) is 3.04. The smallest absolute Gasteiger partial charge is 0.196 e. The van der Waals surface area contributed by atoms with Gasteiger partial charge in [-0.1, -0.05) is 6.92 Å². The standard InChI is InChI=1S/C15H14O4/c1-10-7-18-13-3-2-11(6-14(13)19-8-10)15(16)12-4-5-17-9-12/h2-6,9-10H,7-8H2,1H3. The summed E-state index contributed by atoms with van der Waals surface area (Å²) in [4.78, 5) is 12.2. The zero-order valence-electron chi connectivity index (χ0n) is 10.6. The average molecular weight is 258 g/mol. The van der Waals surface area contributed by atoms with Crippen molar-refractivity contribution in [3.8, 4) is 11.5 Å². The number of fused-ring (bicyclic) bond motifs is 1. The molecule has 0 saturated heterocycles. The summed E-state index contributed by atoms with van der Waals surface area (Å²) in [5.74, 6) is 1.56. The number of carbonyl (C=O) groups is 1. The van der Waals surface area contributed by atoms with Gasteiger partial charge in [-0.3, -0.25) is 4.79 Å². The third kappa shape index (κ3) is 2.34. The lowest BCUT2D eigenvalue weighted by Gasteiger charge is -2.08. The maximum absolute atomic E-state index is 12.2. The maximum atomic E-state index is 12.2. The lowest BCUT2D eigenvalue weighted by Crippen LogP contribution is -2.12. The Morgan fingerprint density at radius 1 is 1.11 bits per heavy atom. The van der Waals surface area contributed by atoms with Crippen LogP contribution in [0.15, 0.2) is 41.2 Å². The SMILES string of the molecule is CC1COc2ccc(C(=O)c3ccoc3)cc2OC1. The van der Waals surface area contributed by atoms with Gasteiger partial charge in [0.15, 0.2) is 17.3 Å². The predicted molar refractivity (Wildman–Crippen MR) is 68.7 cm³/mol. The summed E-state index contributed by atoms with van der Waals surface area (Å²) in [6.07, 6.45) is 2.92. The second kappa shape index (κ2) is 4.80. The van der Waals surface area contributed by atoms with Crippen LogP contribution < -0.4 is 9.47 Å². The van der Waals surface area contributed by atoms with E-state index in [1.807, 2.05) is 0 Å². The number of ether oxygens (including phenoxy) is 2. The van der Waals surface area contributed by atoms with Gasteiger partial charge in [-0.05, 0) is 24.3 Å². The minimum atomic E-state index is -0.0857. The van der Waals surface area contributed by atoms with Crippen molar-refractivity contribution in [2.45, 2.75) is 6.92 Å². The van der Waals surface area contributed by atoms with Crippen molar-refractivity contribution < 1.29 is 18.7 Å². The Morgan fingerprint density at radius 2 is 1.89 bits per heavy atom. The molecular weight excluding hydrogens is 244 g/mol. The normalized spacial score (nSPS) is 17.8. The van der Waals surface area contributed by atoms with E-state index in [1.165, 1.54) is 12.5 Å². The van der Waals surface area contributed by atoms with Crippen LogP contribution in [0.3, 0.4) is 0 Å². The van der Waals surface area contributed by atoms with Gasteiger partial charge in [-0.15, -0.1) is 0 Å². The number of hydrogen-bond acceptors (Lipinski definition) is 4. The van der Waals surface area contributed by atoms with Gasteiger partial charge in [0.2, 0.25) is 0 Å². The Hall–Kier alpha value is -2.23. The number of ketones is 1. The molecule has 1 atom stereocenters. The number of hydrogen-bond donors (Lipinski definition) is 0. The molecule has 1 unspecified atom stereocenters. The zero-order chi connectivity index (χ0) is 13.2. The first-order valence-electron chi connectivity index (χ1n) is 6.20. The molecule has 0 N–H and O–H groups in total. The summed E-state index contributed by atoms with van der Waals surface area (Å²) < 4.78 is 16.2. The zero-order valence-corrected chi connectivity index (χ0v) is 10.6. The summed E-state index contributed by atoms with van der Waals surface area (Å²) in [6, 6.07) is 6.89. The quantitative estimate of drug-likeness (QED) is 0.777. The summed E-state index contributed by atoms with van der Waals surface area (Å²) in [5, 5.41) is 0. The van der Waals surface area contributed by atoms with E-state index in [1.54, 1.807) is 24.3 Å². The summed E-state index contributed by atoms with van der Waals surface area (Å²) in [7, 11) is 0. The second-order valence-corrected chi connectivity index (χ2v) is 4.73. The minimum Gasteiger partial charge on any atom is -0.489 e. The van der Waals surface area contributed by atoms with Crippen molar-refractivity contribution in [1.29, 1.82) is 0 Å². The fourth-order valence-corrected chi connectivity index (χ4v) is 1.95. The van der Waals surface area contributed by atoms with Crippen LogP contribution in [0, 0.1) is 5.92 Å². The average Bonchev–Trinajstić information content (AvgIpc) is 2.90. The molecule has 1 aromatic heterocycles. The molecule has 0 radical (unpaired) electrons. The lowest BCUT2D eigenvalue weighted by atomic mass is 10.1. The summed E-state index contributed by atoms with van der Waals surface area (Å²) in [6.45, 7) is 3.28. The molecule has 4 heteroatoms. The van der Waals surface area contributed by atoms with Crippen molar-refractivity contribution in [1.82, 2.24) is 0 Å². The van der Waals surface area contributed by atoms with E-state index in [-0.39, 0.29) is 5.78 Å². The van der Waals surface area contributed by atoms with E-state index in [0.29, 0.717) is 41.8 Å². The van der Waals surface area contributed by atoms with Crippen LogP contribution in [0.5, 0.6) is 11.5 Å². The molecule has 0 amide bonds. The van der Waals surface area contributed by atoms with Crippen LogP contribution in [0.1, 0.15) is 22.8 Å². The molecule has 1 aliphatic heterocycles. The van der Waals surface area contributed by atoms with Crippen LogP contribution in [-0.2, 0) is 0 Å². The summed E-state index contributed by atoms with van der Waals surface area (Å²) in [5.41, 5.74) is 1.10. The highest BCUT2D eigenvalue weighted by molar-refractivity contribution is 6.09. The van der Waals surface area contributed by atoms with E-state index >= 15 is 0 Å². The van der Waals surface area contributed by atoms with Gasteiger partial charge < -0.3 is 13.9 Å². The van der Waals surface area contributed by atoms with Crippen molar-refractivity contribution in [2.24, 2.45) is 5.92 Å². The molecule has 98 valence electrons. The first-order chi connectivity index (χ1) is 9.24. The van der Waals surface area contributed by atoms with E-state index < -0.39 is 0 Å². The highest BCUT2D eigenvalue weighted by Crippen LogP contribution is 2.32. The fourth-order valence-electron chi connectivity index (χ4n) is 1.95. The molecule has 0 spiro atoms. The Bertz CT molecular complexity index is 586. The van der Waals surface area contributed by atoms with Crippen LogP contribution in [0.4, 0.5) is 0 Å². The first kappa shape index (κ1) is 11.8. The van der Waals surface area contributed by atoms with Crippen molar-refractivity contribution >= 4 is 5.78 Å². The molecule has 0 bridgehead atoms. The van der Waals surface area contributed by atoms with Gasteiger partial charge in [-0.2, -0.15) is 0 Å². The molecule has 0 aliphatic carbocycles. The lowest BCUT2D eigenvalue weighted by molar-refractivity contribution is 0.103. The van der Waals surface area contributed by atoms with Crippen LogP contribution >= 0.6 is 0 Å². The molecular formula is C15H14O4. The Kier molecular flexibility index (Phi) is 2.99. The van der Waals surface area contributed by atoms with E-state index in [9.17, 15) is 4.79 Å². The molecule has 0 saturated carbocycles. The van der Waals surface area contributed by atoms with E-state index in [2.05, 4.69) is 6.92 Å². The highest BCUT2D eigenvalue weighted by atomic mass is 16.5. The fraction of sp³-hybridized carbons (Fsp3) is 0.267. The largest absolute Gasteiger partial charge is 0.489 e. The van der Waals surface area contributed by atoms with E-state index in [0.717, 1.165) is 0 Å². The van der Waals surface area contributed by atoms with Crippen molar-refractivity contribution in [3.63, 3.8) is 0 Å². The number of rotatable bonds is 2. The number of carbonyl (C=O) groups excluding carboxylic acids is 1. The Balaban J connectivity index is 1.91. The van der Waals surface area contributed by atoms with Gasteiger partial charge in [0.25, 0.3) is 0 Å². The Morgan fingerprint density at radius 3 is 2.63 bits per heavy atom. The minimum absolute atomic E-state index is 0.0857. The first-order valence-corrected chi connectivity index (χ1v) is 6.20. The molecule has 2 heterocycles. The highest BCUT2D eigenvalue weighted by Gasteiger charge is 2.18.